The molecule has 3 rings (SSSR count). The number of hydrogen-bond donors (Lipinski definition) is 1. The van der Waals surface area contributed by atoms with Gasteiger partial charge in [0.05, 0.1) is 12.3 Å². The van der Waals surface area contributed by atoms with Gasteiger partial charge in [0.25, 0.3) is 0 Å². The lowest BCUT2D eigenvalue weighted by atomic mass is 10.2. The number of benzene rings is 1. The van der Waals surface area contributed by atoms with Gasteiger partial charge in [-0.15, -0.1) is 16.8 Å². The molecular formula is C19H19N5OS. The largest absolute Gasteiger partial charge is 0.352 e. The van der Waals surface area contributed by atoms with Crippen LogP contribution in [-0.4, -0.2) is 38.0 Å². The Labute approximate surface area is 156 Å². The van der Waals surface area contributed by atoms with E-state index in [1.54, 1.807) is 18.5 Å². The Hall–Kier alpha value is -2.93. The van der Waals surface area contributed by atoms with Gasteiger partial charge in [0.2, 0.25) is 5.91 Å². The third kappa shape index (κ3) is 4.58. The average Bonchev–Trinajstić information content (AvgIpc) is 3.08. The first-order valence-electron chi connectivity index (χ1n) is 8.16. The molecule has 0 saturated heterocycles. The monoisotopic (exact) mass is 365 g/mol. The second-order valence-electron chi connectivity index (χ2n) is 5.50. The Morgan fingerprint density at radius 3 is 2.65 bits per heavy atom. The summed E-state index contributed by atoms with van der Waals surface area (Å²) in [6.07, 6.45) is 5.11. The minimum absolute atomic E-state index is 0.0605. The molecule has 1 N–H and O–H groups in total. The van der Waals surface area contributed by atoms with Gasteiger partial charge < -0.3 is 5.32 Å². The fourth-order valence-electron chi connectivity index (χ4n) is 2.39. The van der Waals surface area contributed by atoms with Crippen molar-refractivity contribution in [1.82, 2.24) is 25.1 Å². The first kappa shape index (κ1) is 17.9. The van der Waals surface area contributed by atoms with Crippen LogP contribution in [-0.2, 0) is 11.3 Å². The zero-order chi connectivity index (χ0) is 18.2. The van der Waals surface area contributed by atoms with E-state index in [0.29, 0.717) is 18.2 Å². The predicted molar refractivity (Wildman–Crippen MR) is 103 cm³/mol. The van der Waals surface area contributed by atoms with E-state index >= 15 is 0 Å². The van der Waals surface area contributed by atoms with E-state index in [1.807, 2.05) is 34.9 Å². The van der Waals surface area contributed by atoms with Crippen LogP contribution in [0.1, 0.15) is 5.56 Å². The lowest BCUT2D eigenvalue weighted by Gasteiger charge is -2.10. The van der Waals surface area contributed by atoms with E-state index in [9.17, 15) is 4.79 Å². The maximum absolute atomic E-state index is 11.9. The maximum atomic E-state index is 11.9. The minimum atomic E-state index is -0.0605. The van der Waals surface area contributed by atoms with Crippen LogP contribution in [0.15, 0.2) is 72.7 Å². The average molecular weight is 365 g/mol. The Morgan fingerprint density at radius 1 is 1.15 bits per heavy atom. The molecule has 1 aromatic carbocycles. The third-order valence-electron chi connectivity index (χ3n) is 3.61. The number of thioether (sulfide) groups is 1. The van der Waals surface area contributed by atoms with Gasteiger partial charge in [-0.2, -0.15) is 0 Å². The van der Waals surface area contributed by atoms with E-state index in [4.69, 9.17) is 0 Å². The number of rotatable bonds is 8. The summed E-state index contributed by atoms with van der Waals surface area (Å²) in [6.45, 7) is 4.68. The van der Waals surface area contributed by atoms with Gasteiger partial charge in [0.1, 0.15) is 0 Å². The molecule has 26 heavy (non-hydrogen) atoms. The van der Waals surface area contributed by atoms with Crippen LogP contribution in [0.3, 0.4) is 0 Å². The summed E-state index contributed by atoms with van der Waals surface area (Å²) in [6, 6.07) is 13.9. The molecule has 0 fully saturated rings. The molecule has 2 aromatic heterocycles. The Morgan fingerprint density at radius 2 is 1.92 bits per heavy atom. The molecule has 0 aliphatic carbocycles. The number of hydrogen-bond acceptors (Lipinski definition) is 5. The van der Waals surface area contributed by atoms with Crippen LogP contribution in [0.25, 0.3) is 11.4 Å². The summed E-state index contributed by atoms with van der Waals surface area (Å²) >= 11 is 1.37. The van der Waals surface area contributed by atoms with Crippen molar-refractivity contribution >= 4 is 17.7 Å². The summed E-state index contributed by atoms with van der Waals surface area (Å²) in [5, 5.41) is 12.1. The van der Waals surface area contributed by atoms with Crippen LogP contribution >= 0.6 is 11.8 Å². The lowest BCUT2D eigenvalue weighted by molar-refractivity contribution is -0.118. The predicted octanol–water partition coefficient (Wildman–Crippen LogP) is 2.78. The molecule has 6 nitrogen and oxygen atoms in total. The summed E-state index contributed by atoms with van der Waals surface area (Å²) in [5.74, 6) is 0.969. The highest BCUT2D eigenvalue weighted by Gasteiger charge is 2.16. The van der Waals surface area contributed by atoms with Crippen molar-refractivity contribution in [3.63, 3.8) is 0 Å². The molecular weight excluding hydrogens is 346 g/mol. The highest BCUT2D eigenvalue weighted by Crippen LogP contribution is 2.24. The van der Waals surface area contributed by atoms with Gasteiger partial charge >= 0.3 is 0 Å². The molecule has 7 heteroatoms. The number of nitrogens with zero attached hydrogens (tertiary/aromatic N) is 4. The number of pyridine rings is 1. The molecule has 0 aliphatic heterocycles. The number of aromatic nitrogens is 4. The number of carbonyl (C=O) groups excluding carboxylic acids is 1. The molecule has 2 heterocycles. The van der Waals surface area contributed by atoms with Gasteiger partial charge in [0, 0.05) is 24.5 Å². The van der Waals surface area contributed by atoms with Crippen molar-refractivity contribution in [2.75, 3.05) is 12.3 Å². The van der Waals surface area contributed by atoms with Gasteiger partial charge in [-0.05, 0) is 17.7 Å². The quantitative estimate of drug-likeness (QED) is 0.491. The zero-order valence-electron chi connectivity index (χ0n) is 14.2. The smallest absolute Gasteiger partial charge is 0.230 e. The molecule has 0 radical (unpaired) electrons. The minimum Gasteiger partial charge on any atom is -0.352 e. The van der Waals surface area contributed by atoms with E-state index in [-0.39, 0.29) is 11.7 Å². The Bertz CT molecular complexity index is 864. The van der Waals surface area contributed by atoms with E-state index < -0.39 is 0 Å². The first-order chi connectivity index (χ1) is 12.8. The maximum Gasteiger partial charge on any atom is 0.230 e. The number of carbonyl (C=O) groups is 1. The van der Waals surface area contributed by atoms with E-state index in [1.165, 1.54) is 11.8 Å². The van der Waals surface area contributed by atoms with Crippen LogP contribution in [0.2, 0.25) is 0 Å². The van der Waals surface area contributed by atoms with Crippen molar-refractivity contribution in [3.8, 4) is 11.4 Å². The molecule has 3 aromatic rings. The van der Waals surface area contributed by atoms with Crippen molar-refractivity contribution in [2.24, 2.45) is 0 Å². The third-order valence-corrected chi connectivity index (χ3v) is 4.58. The molecule has 0 unspecified atom stereocenters. The lowest BCUT2D eigenvalue weighted by Crippen LogP contribution is -2.25. The molecule has 1 amide bonds. The fourth-order valence-corrected chi connectivity index (χ4v) is 3.15. The standard InChI is InChI=1S/C19H19N5OS/c1-2-10-21-17(25)14-26-19-23-22-18(16-8-11-20-12-9-16)24(19)13-15-6-4-3-5-7-15/h2-9,11-12H,1,10,13-14H2,(H,21,25). The topological polar surface area (TPSA) is 72.7 Å². The van der Waals surface area contributed by atoms with Crippen LogP contribution < -0.4 is 5.32 Å². The fraction of sp³-hybridized carbons (Fsp3) is 0.158. The van der Waals surface area contributed by atoms with Crippen molar-refractivity contribution in [1.29, 1.82) is 0 Å². The molecule has 0 aliphatic rings. The Balaban J connectivity index is 1.85. The van der Waals surface area contributed by atoms with Gasteiger partial charge in [-0.3, -0.25) is 14.3 Å². The number of nitrogens with one attached hydrogen (secondary N) is 1. The summed E-state index contributed by atoms with van der Waals surface area (Å²) < 4.78 is 2.02. The van der Waals surface area contributed by atoms with Gasteiger partial charge in [0.15, 0.2) is 11.0 Å². The molecule has 0 spiro atoms. The van der Waals surface area contributed by atoms with Crippen molar-refractivity contribution in [3.05, 3.63) is 73.1 Å². The number of amides is 1. The summed E-state index contributed by atoms with van der Waals surface area (Å²) in [7, 11) is 0. The second kappa shape index (κ2) is 8.96. The molecule has 0 atom stereocenters. The molecule has 0 bridgehead atoms. The summed E-state index contributed by atoms with van der Waals surface area (Å²) in [5.41, 5.74) is 2.08. The Kier molecular flexibility index (Phi) is 6.16. The SMILES string of the molecule is C=CCNC(=O)CSc1nnc(-c2ccncc2)n1Cc1ccccc1. The van der Waals surface area contributed by atoms with E-state index in [2.05, 4.69) is 39.2 Å². The second-order valence-corrected chi connectivity index (χ2v) is 6.44. The normalized spacial score (nSPS) is 10.5. The molecule has 0 saturated carbocycles. The highest BCUT2D eigenvalue weighted by molar-refractivity contribution is 7.99. The van der Waals surface area contributed by atoms with E-state index in [0.717, 1.165) is 17.0 Å². The van der Waals surface area contributed by atoms with Crippen molar-refractivity contribution in [2.45, 2.75) is 11.7 Å². The molecule has 132 valence electrons. The zero-order valence-corrected chi connectivity index (χ0v) is 15.0. The highest BCUT2D eigenvalue weighted by atomic mass is 32.2. The van der Waals surface area contributed by atoms with Crippen LogP contribution in [0, 0.1) is 0 Å². The van der Waals surface area contributed by atoms with Gasteiger partial charge in [-0.1, -0.05) is 48.2 Å². The van der Waals surface area contributed by atoms with Crippen LogP contribution in [0.4, 0.5) is 0 Å². The first-order valence-corrected chi connectivity index (χ1v) is 9.14. The summed E-state index contributed by atoms with van der Waals surface area (Å²) in [4.78, 5) is 15.9. The van der Waals surface area contributed by atoms with Gasteiger partial charge in [-0.25, -0.2) is 0 Å². The van der Waals surface area contributed by atoms with Crippen LogP contribution in [0.5, 0.6) is 0 Å². The van der Waals surface area contributed by atoms with Crippen molar-refractivity contribution < 1.29 is 4.79 Å².